The van der Waals surface area contributed by atoms with Crippen LogP contribution >= 0.6 is 11.8 Å². The largest absolute Gasteiger partial charge is 0.496 e. The number of H-pyrrole nitrogens is 1. The van der Waals surface area contributed by atoms with E-state index in [-0.39, 0.29) is 5.56 Å². The van der Waals surface area contributed by atoms with E-state index in [2.05, 4.69) is 43.1 Å². The Morgan fingerprint density at radius 1 is 0.972 bits per heavy atom. The summed E-state index contributed by atoms with van der Waals surface area (Å²) < 4.78 is 7.30. The first-order valence-electron chi connectivity index (χ1n) is 12.1. The molecule has 0 aliphatic rings. The lowest BCUT2D eigenvalue weighted by Crippen LogP contribution is -2.24. The van der Waals surface area contributed by atoms with Crippen molar-refractivity contribution < 1.29 is 4.74 Å². The van der Waals surface area contributed by atoms with E-state index in [0.717, 1.165) is 22.4 Å². The van der Waals surface area contributed by atoms with E-state index in [4.69, 9.17) is 9.72 Å². The number of rotatable bonds is 8. The van der Waals surface area contributed by atoms with E-state index >= 15 is 0 Å². The molecule has 0 saturated heterocycles. The molecule has 0 atom stereocenters. The van der Waals surface area contributed by atoms with Crippen molar-refractivity contribution >= 4 is 22.8 Å². The van der Waals surface area contributed by atoms with Gasteiger partial charge in [-0.15, -0.1) is 0 Å². The number of hydrogen-bond donors (Lipinski definition) is 1. The summed E-state index contributed by atoms with van der Waals surface area (Å²) in [5.41, 5.74) is 6.51. The molecule has 182 valence electrons. The quantitative estimate of drug-likeness (QED) is 0.189. The van der Waals surface area contributed by atoms with Gasteiger partial charge in [0.2, 0.25) is 0 Å². The smallest absolute Gasteiger partial charge is 0.278 e. The highest BCUT2D eigenvalue weighted by atomic mass is 32.2. The van der Waals surface area contributed by atoms with Gasteiger partial charge >= 0.3 is 0 Å². The third-order valence-corrected chi connectivity index (χ3v) is 7.42. The zero-order chi connectivity index (χ0) is 25.1. The maximum absolute atomic E-state index is 13.8. The van der Waals surface area contributed by atoms with Crippen LogP contribution in [0.1, 0.15) is 36.5 Å². The molecule has 0 aliphatic carbocycles. The summed E-state index contributed by atoms with van der Waals surface area (Å²) in [6.45, 7) is 4.77. The molecule has 5 aromatic rings. The van der Waals surface area contributed by atoms with Crippen LogP contribution in [0.5, 0.6) is 5.75 Å². The third kappa shape index (κ3) is 4.82. The fraction of sp³-hybridized carbons (Fsp3) is 0.200. The summed E-state index contributed by atoms with van der Waals surface area (Å²) in [5, 5.41) is 0.683. The minimum absolute atomic E-state index is 0.0919. The summed E-state index contributed by atoms with van der Waals surface area (Å²) in [7, 11) is 1.65. The molecule has 6 heteroatoms. The number of benzene rings is 3. The van der Waals surface area contributed by atoms with E-state index in [9.17, 15) is 4.79 Å². The molecule has 1 N–H and O–H groups in total. The highest BCUT2D eigenvalue weighted by Gasteiger charge is 2.18. The predicted octanol–water partition coefficient (Wildman–Crippen LogP) is 6.86. The van der Waals surface area contributed by atoms with Gasteiger partial charge in [-0.25, -0.2) is 4.98 Å². The topological polar surface area (TPSA) is 59.9 Å². The van der Waals surface area contributed by atoms with Gasteiger partial charge < -0.3 is 9.72 Å². The first-order chi connectivity index (χ1) is 17.5. The molecule has 0 spiro atoms. The van der Waals surface area contributed by atoms with Crippen molar-refractivity contribution in [2.24, 2.45) is 0 Å². The fourth-order valence-electron chi connectivity index (χ4n) is 4.31. The van der Waals surface area contributed by atoms with Crippen LogP contribution in [0, 0.1) is 0 Å². The van der Waals surface area contributed by atoms with Crippen molar-refractivity contribution in [3.8, 4) is 16.9 Å². The van der Waals surface area contributed by atoms with Crippen LogP contribution in [-0.2, 0) is 12.3 Å². The molecule has 0 bridgehead atoms. The summed E-state index contributed by atoms with van der Waals surface area (Å²) >= 11 is 1.58. The fourth-order valence-corrected chi connectivity index (χ4v) is 5.26. The number of ether oxygens (including phenoxy) is 1. The molecule has 0 amide bonds. The average molecular weight is 496 g/mol. The van der Waals surface area contributed by atoms with Crippen molar-refractivity contribution in [2.75, 3.05) is 7.11 Å². The molecule has 3 aromatic carbocycles. The second-order valence-electron chi connectivity index (χ2n) is 9.07. The first kappa shape index (κ1) is 23.9. The number of methoxy groups -OCH3 is 1. The Morgan fingerprint density at radius 2 is 1.69 bits per heavy atom. The third-order valence-electron chi connectivity index (χ3n) is 6.37. The van der Waals surface area contributed by atoms with E-state index in [1.165, 1.54) is 11.1 Å². The molecular formula is C30H29N3O2S. The van der Waals surface area contributed by atoms with E-state index in [0.29, 0.717) is 34.4 Å². The van der Waals surface area contributed by atoms with Gasteiger partial charge in [0.05, 0.1) is 13.7 Å². The van der Waals surface area contributed by atoms with Gasteiger partial charge in [-0.2, -0.15) is 0 Å². The molecule has 0 saturated carbocycles. The Labute approximate surface area is 215 Å². The summed E-state index contributed by atoms with van der Waals surface area (Å²) in [6.07, 6.45) is 1.88. The van der Waals surface area contributed by atoms with Crippen LogP contribution in [0.2, 0.25) is 0 Å². The molecule has 0 aliphatic heterocycles. The maximum Gasteiger partial charge on any atom is 0.278 e. The SMILES string of the molecule is COc1ccccc1Cn1c(SCc2ccc(C(C)C)cc2)nc2c(-c3ccccc3)c[nH]c2c1=O. The standard InChI is InChI=1S/C30H29N3O2S/c1-20(2)22-15-13-21(14-16-22)19-36-30-32-27-25(23-9-5-4-6-10-23)17-31-28(27)29(34)33(30)18-24-11-7-8-12-26(24)35-3/h4-17,20,31H,18-19H2,1-3H3. The number of fused-ring (bicyclic) bond motifs is 1. The zero-order valence-electron chi connectivity index (χ0n) is 20.7. The average Bonchev–Trinajstić information content (AvgIpc) is 3.34. The van der Waals surface area contributed by atoms with E-state index < -0.39 is 0 Å². The summed E-state index contributed by atoms with van der Waals surface area (Å²) in [5.74, 6) is 1.96. The van der Waals surface area contributed by atoms with Gasteiger partial charge in [0, 0.05) is 23.1 Å². The number of hydrogen-bond acceptors (Lipinski definition) is 4. The number of thioether (sulfide) groups is 1. The lowest BCUT2D eigenvalue weighted by atomic mass is 10.0. The summed E-state index contributed by atoms with van der Waals surface area (Å²) in [4.78, 5) is 22.0. The minimum atomic E-state index is -0.0919. The molecule has 5 nitrogen and oxygen atoms in total. The van der Waals surface area contributed by atoms with Gasteiger partial charge in [-0.1, -0.05) is 98.4 Å². The lowest BCUT2D eigenvalue weighted by Gasteiger charge is -2.15. The monoisotopic (exact) mass is 495 g/mol. The van der Waals surface area contributed by atoms with E-state index in [1.54, 1.807) is 23.4 Å². The Kier molecular flexibility index (Phi) is 6.96. The Hall–Kier alpha value is -3.77. The van der Waals surface area contributed by atoms with Crippen LogP contribution in [0.3, 0.4) is 0 Å². The highest BCUT2D eigenvalue weighted by molar-refractivity contribution is 7.98. The maximum atomic E-state index is 13.8. The normalized spacial score (nSPS) is 11.3. The van der Waals surface area contributed by atoms with Crippen molar-refractivity contribution in [3.05, 3.63) is 112 Å². The van der Waals surface area contributed by atoms with Crippen molar-refractivity contribution in [1.82, 2.24) is 14.5 Å². The molecule has 5 rings (SSSR count). The van der Waals surface area contributed by atoms with E-state index in [1.807, 2.05) is 60.8 Å². The molecule has 0 fully saturated rings. The second kappa shape index (κ2) is 10.5. The van der Waals surface area contributed by atoms with Gasteiger partial charge in [-0.3, -0.25) is 9.36 Å². The number of nitrogens with zero attached hydrogens (tertiary/aromatic N) is 2. The predicted molar refractivity (Wildman–Crippen MR) is 148 cm³/mol. The Morgan fingerprint density at radius 3 is 2.42 bits per heavy atom. The Balaban J connectivity index is 1.58. The van der Waals surface area contributed by atoms with Crippen LogP contribution in [0.15, 0.2) is 95.0 Å². The van der Waals surface area contributed by atoms with Crippen LogP contribution in [-0.4, -0.2) is 21.6 Å². The van der Waals surface area contributed by atoms with Gasteiger partial charge in [0.15, 0.2) is 5.16 Å². The van der Waals surface area contributed by atoms with Crippen LogP contribution in [0.4, 0.5) is 0 Å². The Bertz CT molecular complexity index is 1540. The molecular weight excluding hydrogens is 466 g/mol. The molecule has 0 radical (unpaired) electrons. The van der Waals surface area contributed by atoms with Crippen molar-refractivity contribution in [3.63, 3.8) is 0 Å². The first-order valence-corrected chi connectivity index (χ1v) is 13.0. The highest BCUT2D eigenvalue weighted by Crippen LogP contribution is 2.30. The molecule has 2 heterocycles. The van der Waals surface area contributed by atoms with Gasteiger partial charge in [-0.05, 0) is 28.7 Å². The van der Waals surface area contributed by atoms with Crippen molar-refractivity contribution in [2.45, 2.75) is 37.2 Å². The lowest BCUT2D eigenvalue weighted by molar-refractivity contribution is 0.407. The van der Waals surface area contributed by atoms with Crippen molar-refractivity contribution in [1.29, 1.82) is 0 Å². The second-order valence-corrected chi connectivity index (χ2v) is 10.0. The van der Waals surface area contributed by atoms with Crippen LogP contribution in [0.25, 0.3) is 22.2 Å². The minimum Gasteiger partial charge on any atom is -0.496 e. The zero-order valence-corrected chi connectivity index (χ0v) is 21.5. The number of nitrogens with one attached hydrogen (secondary N) is 1. The molecule has 0 unspecified atom stereocenters. The van der Waals surface area contributed by atoms with Gasteiger partial charge in [0.1, 0.15) is 16.8 Å². The summed E-state index contributed by atoms with van der Waals surface area (Å²) in [6, 6.07) is 26.5. The molecule has 36 heavy (non-hydrogen) atoms. The van der Waals surface area contributed by atoms with Crippen LogP contribution < -0.4 is 10.3 Å². The molecule has 2 aromatic heterocycles. The number of aromatic amines is 1. The number of para-hydroxylation sites is 1. The van der Waals surface area contributed by atoms with Gasteiger partial charge in [0.25, 0.3) is 5.56 Å². The number of aromatic nitrogens is 3.